The molecule has 1 amide bonds. The molecule has 0 aliphatic heterocycles. The van der Waals surface area contributed by atoms with Crippen LogP contribution in [0.4, 0.5) is 5.69 Å². The van der Waals surface area contributed by atoms with Gasteiger partial charge in [0.15, 0.2) is 0 Å². The number of amides is 1. The molecule has 3 rings (SSSR count). The number of halogens is 1. The van der Waals surface area contributed by atoms with Crippen LogP contribution >= 0.6 is 11.6 Å². The fraction of sp³-hybridized carbons (Fsp3) is 0.231. The molecule has 1 aliphatic carbocycles. The second kappa shape index (κ2) is 5.17. The number of carboxylic acids is 1. The maximum atomic E-state index is 12.0. The minimum atomic E-state index is -1.16. The van der Waals surface area contributed by atoms with Crippen molar-refractivity contribution in [3.63, 3.8) is 0 Å². The predicted molar refractivity (Wildman–Crippen MR) is 74.7 cm³/mol. The Hall–Kier alpha value is -2.41. The number of nitrogens with one attached hydrogen (secondary N) is 2. The van der Waals surface area contributed by atoms with Crippen LogP contribution in [0.2, 0.25) is 5.02 Å². The van der Waals surface area contributed by atoms with Crippen molar-refractivity contribution in [1.82, 2.24) is 15.2 Å². The average Bonchev–Trinajstić information content (AvgIpc) is 3.18. The molecule has 1 fully saturated rings. The van der Waals surface area contributed by atoms with E-state index in [1.165, 1.54) is 18.2 Å². The van der Waals surface area contributed by atoms with Crippen molar-refractivity contribution in [2.24, 2.45) is 0 Å². The molecule has 1 saturated carbocycles. The summed E-state index contributed by atoms with van der Waals surface area (Å²) < 4.78 is 0. The lowest BCUT2D eigenvalue weighted by molar-refractivity contribution is 0.0696. The van der Waals surface area contributed by atoms with E-state index in [9.17, 15) is 9.59 Å². The third-order valence-corrected chi connectivity index (χ3v) is 3.45. The summed E-state index contributed by atoms with van der Waals surface area (Å²) in [6, 6.07) is 4.21. The van der Waals surface area contributed by atoms with Crippen molar-refractivity contribution in [2.75, 3.05) is 5.32 Å². The Morgan fingerprint density at radius 1 is 1.38 bits per heavy atom. The first-order chi connectivity index (χ1) is 10.0. The van der Waals surface area contributed by atoms with Gasteiger partial charge in [0, 0.05) is 11.6 Å². The Morgan fingerprint density at radius 2 is 2.14 bits per heavy atom. The molecule has 2 aromatic rings. The molecule has 8 heteroatoms. The van der Waals surface area contributed by atoms with Gasteiger partial charge in [0.05, 0.1) is 10.6 Å². The number of rotatable bonds is 4. The largest absolute Gasteiger partial charge is 0.478 e. The van der Waals surface area contributed by atoms with Crippen LogP contribution < -0.4 is 5.32 Å². The molecule has 21 heavy (non-hydrogen) atoms. The number of carbonyl (C=O) groups is 2. The van der Waals surface area contributed by atoms with Gasteiger partial charge in [0.1, 0.15) is 5.82 Å². The van der Waals surface area contributed by atoms with Gasteiger partial charge in [0.25, 0.3) is 5.91 Å². The van der Waals surface area contributed by atoms with Gasteiger partial charge in [-0.15, -0.1) is 5.10 Å². The number of nitrogens with zero attached hydrogens (tertiary/aromatic N) is 2. The Balaban J connectivity index is 1.77. The highest BCUT2D eigenvalue weighted by Gasteiger charge is 2.28. The molecule has 7 nitrogen and oxygen atoms in total. The fourth-order valence-corrected chi connectivity index (χ4v) is 2.07. The standard InChI is InChI=1S/C13H11ClN4O3/c14-9-4-3-7(5-8(9)13(20)21)15-12(19)11-16-10(17-18-11)6-1-2-6/h3-6H,1-2H2,(H,15,19)(H,20,21)(H,16,17,18). The van der Waals surface area contributed by atoms with Crippen LogP contribution in [0.5, 0.6) is 0 Å². The molecule has 0 radical (unpaired) electrons. The van der Waals surface area contributed by atoms with Crippen LogP contribution in [-0.2, 0) is 0 Å². The number of hydrogen-bond donors (Lipinski definition) is 3. The number of hydrogen-bond acceptors (Lipinski definition) is 4. The number of aromatic amines is 1. The number of carbonyl (C=O) groups excluding carboxylic acids is 1. The fourth-order valence-electron chi connectivity index (χ4n) is 1.87. The monoisotopic (exact) mass is 306 g/mol. The summed E-state index contributed by atoms with van der Waals surface area (Å²) in [5, 5.41) is 18.2. The van der Waals surface area contributed by atoms with Crippen LogP contribution in [-0.4, -0.2) is 32.2 Å². The van der Waals surface area contributed by atoms with Crippen molar-refractivity contribution in [3.05, 3.63) is 40.4 Å². The third kappa shape index (κ3) is 2.87. The number of aromatic nitrogens is 3. The van der Waals surface area contributed by atoms with E-state index in [1.807, 2.05) is 0 Å². The van der Waals surface area contributed by atoms with Gasteiger partial charge in [-0.25, -0.2) is 9.78 Å². The third-order valence-electron chi connectivity index (χ3n) is 3.12. The van der Waals surface area contributed by atoms with Crippen LogP contribution in [0.25, 0.3) is 0 Å². The molecular weight excluding hydrogens is 296 g/mol. The van der Waals surface area contributed by atoms with Crippen LogP contribution in [0.15, 0.2) is 18.2 Å². The summed E-state index contributed by atoms with van der Waals surface area (Å²) in [5.41, 5.74) is 0.239. The van der Waals surface area contributed by atoms with E-state index >= 15 is 0 Å². The number of benzene rings is 1. The summed E-state index contributed by atoms with van der Waals surface area (Å²) in [4.78, 5) is 27.1. The number of H-pyrrole nitrogens is 1. The average molecular weight is 307 g/mol. The van der Waals surface area contributed by atoms with E-state index in [1.54, 1.807) is 0 Å². The topological polar surface area (TPSA) is 108 Å². The molecule has 1 aromatic heterocycles. The number of anilines is 1. The lowest BCUT2D eigenvalue weighted by atomic mass is 10.2. The maximum Gasteiger partial charge on any atom is 0.337 e. The van der Waals surface area contributed by atoms with Gasteiger partial charge < -0.3 is 10.4 Å². The van der Waals surface area contributed by atoms with Crippen molar-refractivity contribution < 1.29 is 14.7 Å². The van der Waals surface area contributed by atoms with Gasteiger partial charge in [-0.2, -0.15) is 0 Å². The van der Waals surface area contributed by atoms with Gasteiger partial charge in [-0.3, -0.25) is 9.89 Å². The van der Waals surface area contributed by atoms with Crippen molar-refractivity contribution in [3.8, 4) is 0 Å². The van der Waals surface area contributed by atoms with Crippen molar-refractivity contribution in [1.29, 1.82) is 0 Å². The van der Waals surface area contributed by atoms with Crippen LogP contribution in [0.3, 0.4) is 0 Å². The summed E-state index contributed by atoms with van der Waals surface area (Å²) in [6.45, 7) is 0. The SMILES string of the molecule is O=C(Nc1ccc(Cl)c(C(=O)O)c1)c1n[nH]c(C2CC2)n1. The quantitative estimate of drug-likeness (QED) is 0.803. The lowest BCUT2D eigenvalue weighted by Gasteiger charge is -2.05. The first kappa shape index (κ1) is 13.6. The smallest absolute Gasteiger partial charge is 0.337 e. The summed E-state index contributed by atoms with van der Waals surface area (Å²) in [7, 11) is 0. The second-order valence-electron chi connectivity index (χ2n) is 4.77. The second-order valence-corrected chi connectivity index (χ2v) is 5.18. The van der Waals surface area contributed by atoms with Gasteiger partial charge >= 0.3 is 5.97 Å². The Kier molecular flexibility index (Phi) is 3.34. The molecule has 0 saturated heterocycles. The van der Waals surface area contributed by atoms with Gasteiger partial charge in [0.2, 0.25) is 5.82 Å². The van der Waals surface area contributed by atoms with Gasteiger partial charge in [-0.1, -0.05) is 11.6 Å². The molecule has 0 bridgehead atoms. The summed E-state index contributed by atoms with van der Waals surface area (Å²) >= 11 is 5.77. The molecule has 1 heterocycles. The molecule has 0 unspecified atom stereocenters. The van der Waals surface area contributed by atoms with Crippen molar-refractivity contribution >= 4 is 29.2 Å². The Bertz CT molecular complexity index is 724. The van der Waals surface area contributed by atoms with E-state index < -0.39 is 11.9 Å². The van der Waals surface area contributed by atoms with E-state index in [2.05, 4.69) is 20.5 Å². The van der Waals surface area contributed by atoms with Crippen LogP contribution in [0.1, 0.15) is 45.6 Å². The number of aromatic carboxylic acids is 1. The zero-order valence-corrected chi connectivity index (χ0v) is 11.5. The highest BCUT2D eigenvalue weighted by atomic mass is 35.5. The first-order valence-electron chi connectivity index (χ1n) is 6.31. The number of carboxylic acid groups (broad SMARTS) is 1. The normalized spacial score (nSPS) is 14.0. The summed E-state index contributed by atoms with van der Waals surface area (Å²) in [5.74, 6) is -0.554. The van der Waals surface area contributed by atoms with E-state index in [4.69, 9.17) is 16.7 Å². The molecule has 1 aromatic carbocycles. The zero-order valence-electron chi connectivity index (χ0n) is 10.8. The minimum absolute atomic E-state index is 0.0312. The predicted octanol–water partition coefficient (Wildman–Crippen LogP) is 2.29. The van der Waals surface area contributed by atoms with E-state index in [0.717, 1.165) is 12.8 Å². The molecule has 0 atom stereocenters. The maximum absolute atomic E-state index is 12.0. The molecule has 108 valence electrons. The highest BCUT2D eigenvalue weighted by molar-refractivity contribution is 6.33. The van der Waals surface area contributed by atoms with Crippen LogP contribution in [0, 0.1) is 0 Å². The minimum Gasteiger partial charge on any atom is -0.478 e. The highest BCUT2D eigenvalue weighted by Crippen LogP contribution is 2.37. The van der Waals surface area contributed by atoms with Crippen molar-refractivity contribution in [2.45, 2.75) is 18.8 Å². The molecule has 1 aliphatic rings. The lowest BCUT2D eigenvalue weighted by Crippen LogP contribution is -2.14. The molecular formula is C13H11ClN4O3. The van der Waals surface area contributed by atoms with Gasteiger partial charge in [-0.05, 0) is 31.0 Å². The first-order valence-corrected chi connectivity index (χ1v) is 6.69. The van der Waals surface area contributed by atoms with E-state index in [0.29, 0.717) is 17.4 Å². The zero-order chi connectivity index (χ0) is 15.0. The van der Waals surface area contributed by atoms with E-state index in [-0.39, 0.29) is 16.4 Å². The molecule has 0 spiro atoms. The Morgan fingerprint density at radius 3 is 2.81 bits per heavy atom. The molecule has 3 N–H and O–H groups in total. The Labute approximate surface area is 124 Å². The summed E-state index contributed by atoms with van der Waals surface area (Å²) in [6.07, 6.45) is 2.10.